The molecule has 1 unspecified atom stereocenters. The lowest BCUT2D eigenvalue weighted by atomic mass is 10.3. The summed E-state index contributed by atoms with van der Waals surface area (Å²) in [7, 11) is 3.93. The number of carbonyl (C=O) groups is 1. The maximum absolute atomic E-state index is 12.0. The molecule has 0 fully saturated rings. The maximum Gasteiger partial charge on any atom is 0.265 e. The van der Waals surface area contributed by atoms with Gasteiger partial charge in [0.2, 0.25) is 0 Å². The zero-order valence-corrected chi connectivity index (χ0v) is 12.1. The number of anilines is 2. The highest BCUT2D eigenvalue weighted by Gasteiger charge is 2.17. The number of amides is 1. The number of hydrogen-bond acceptors (Lipinski definition) is 6. The topological polar surface area (TPSA) is 83.3 Å². The second-order valence-corrected chi connectivity index (χ2v) is 5.40. The highest BCUT2D eigenvalue weighted by molar-refractivity contribution is 7.18. The first-order valence-corrected chi connectivity index (χ1v) is 6.71. The Kier molecular flexibility index (Phi) is 5.36. The molecular formula is C11H21N5OS. The molecule has 0 saturated carbocycles. The van der Waals surface area contributed by atoms with E-state index in [1.807, 2.05) is 32.8 Å². The Balaban J connectivity index is 2.66. The molecule has 1 atom stereocenters. The minimum absolute atomic E-state index is 0.0663. The average Bonchev–Trinajstić information content (AvgIpc) is 2.58. The Morgan fingerprint density at radius 1 is 1.56 bits per heavy atom. The summed E-state index contributed by atoms with van der Waals surface area (Å²) in [5, 5.41) is 6.64. The Morgan fingerprint density at radius 2 is 2.22 bits per heavy atom. The van der Waals surface area contributed by atoms with Crippen LogP contribution in [0.5, 0.6) is 0 Å². The van der Waals surface area contributed by atoms with Crippen molar-refractivity contribution in [1.82, 2.24) is 15.2 Å². The van der Waals surface area contributed by atoms with Crippen molar-refractivity contribution in [3.63, 3.8) is 0 Å². The highest BCUT2D eigenvalue weighted by Crippen LogP contribution is 2.24. The van der Waals surface area contributed by atoms with Gasteiger partial charge in [0, 0.05) is 19.1 Å². The standard InChI is InChI=1S/C11H21N5OS/c1-5-13-11-15-9(12)8(18-11)10(17)14-7(2)6-16(3)4/h7H,5-6,12H2,1-4H3,(H,13,15)(H,14,17). The molecule has 6 nitrogen and oxygen atoms in total. The zero-order chi connectivity index (χ0) is 13.7. The fraction of sp³-hybridized carbons (Fsp3) is 0.636. The Labute approximate surface area is 112 Å². The molecule has 7 heteroatoms. The predicted molar refractivity (Wildman–Crippen MR) is 76.2 cm³/mol. The minimum Gasteiger partial charge on any atom is -0.382 e. The van der Waals surface area contributed by atoms with E-state index < -0.39 is 0 Å². The fourth-order valence-electron chi connectivity index (χ4n) is 1.60. The van der Waals surface area contributed by atoms with E-state index in [1.165, 1.54) is 11.3 Å². The van der Waals surface area contributed by atoms with Gasteiger partial charge in [-0.1, -0.05) is 11.3 Å². The van der Waals surface area contributed by atoms with Crippen LogP contribution < -0.4 is 16.4 Å². The minimum atomic E-state index is -0.163. The van der Waals surface area contributed by atoms with Crippen molar-refractivity contribution >= 4 is 28.2 Å². The highest BCUT2D eigenvalue weighted by atomic mass is 32.1. The normalized spacial score (nSPS) is 12.5. The molecule has 0 aromatic carbocycles. The largest absolute Gasteiger partial charge is 0.382 e. The van der Waals surface area contributed by atoms with Gasteiger partial charge in [-0.15, -0.1) is 0 Å². The van der Waals surface area contributed by atoms with Gasteiger partial charge >= 0.3 is 0 Å². The summed E-state index contributed by atoms with van der Waals surface area (Å²) < 4.78 is 0. The Morgan fingerprint density at radius 3 is 2.78 bits per heavy atom. The third kappa shape index (κ3) is 4.15. The summed E-state index contributed by atoms with van der Waals surface area (Å²) in [5.74, 6) is 0.119. The van der Waals surface area contributed by atoms with Crippen LogP contribution in [0, 0.1) is 0 Å². The predicted octanol–water partition coefficient (Wildman–Crippen LogP) is 0.837. The number of nitrogens with two attached hydrogens (primary N) is 1. The van der Waals surface area contributed by atoms with Gasteiger partial charge in [-0.05, 0) is 27.9 Å². The van der Waals surface area contributed by atoms with Crippen molar-refractivity contribution in [2.24, 2.45) is 0 Å². The zero-order valence-electron chi connectivity index (χ0n) is 11.3. The summed E-state index contributed by atoms with van der Waals surface area (Å²) in [4.78, 5) is 18.6. The summed E-state index contributed by atoms with van der Waals surface area (Å²) in [6.45, 7) is 5.46. The van der Waals surface area contributed by atoms with Crippen LogP contribution in [-0.4, -0.2) is 49.0 Å². The molecule has 1 rings (SSSR count). The van der Waals surface area contributed by atoms with Crippen LogP contribution in [0.25, 0.3) is 0 Å². The molecule has 102 valence electrons. The number of aromatic nitrogens is 1. The van der Waals surface area contributed by atoms with Gasteiger partial charge in [-0.2, -0.15) is 0 Å². The van der Waals surface area contributed by atoms with Gasteiger partial charge in [0.15, 0.2) is 5.13 Å². The number of likely N-dealkylation sites (N-methyl/N-ethyl adjacent to an activating group) is 1. The molecule has 0 saturated heterocycles. The summed E-state index contributed by atoms with van der Waals surface area (Å²) >= 11 is 1.28. The fourth-order valence-corrected chi connectivity index (χ4v) is 2.46. The van der Waals surface area contributed by atoms with Crippen LogP contribution in [0.1, 0.15) is 23.5 Å². The molecule has 0 aliphatic rings. The number of rotatable bonds is 6. The maximum atomic E-state index is 12.0. The van der Waals surface area contributed by atoms with Gasteiger partial charge in [-0.3, -0.25) is 4.79 Å². The number of thiazole rings is 1. The average molecular weight is 271 g/mol. The van der Waals surface area contributed by atoms with E-state index in [4.69, 9.17) is 5.73 Å². The molecule has 1 aromatic heterocycles. The SMILES string of the molecule is CCNc1nc(N)c(C(=O)NC(C)CN(C)C)s1. The van der Waals surface area contributed by atoms with Gasteiger partial charge < -0.3 is 21.3 Å². The van der Waals surface area contributed by atoms with Crippen molar-refractivity contribution in [2.75, 3.05) is 38.2 Å². The second kappa shape index (κ2) is 6.55. The summed E-state index contributed by atoms with van der Waals surface area (Å²) in [6, 6.07) is 0.0663. The Bertz CT molecular complexity index is 404. The first-order valence-electron chi connectivity index (χ1n) is 5.89. The van der Waals surface area contributed by atoms with Crippen molar-refractivity contribution < 1.29 is 4.79 Å². The van der Waals surface area contributed by atoms with E-state index in [1.54, 1.807) is 0 Å². The van der Waals surface area contributed by atoms with Crippen LogP contribution in [-0.2, 0) is 0 Å². The molecule has 0 aliphatic carbocycles. The van der Waals surface area contributed by atoms with E-state index in [2.05, 4.69) is 15.6 Å². The number of nitrogen functional groups attached to an aromatic ring is 1. The smallest absolute Gasteiger partial charge is 0.265 e. The van der Waals surface area contributed by atoms with Gasteiger partial charge in [0.1, 0.15) is 10.7 Å². The van der Waals surface area contributed by atoms with E-state index in [-0.39, 0.29) is 17.8 Å². The molecule has 0 aliphatic heterocycles. The lowest BCUT2D eigenvalue weighted by Crippen LogP contribution is -2.39. The number of nitrogens with zero attached hydrogens (tertiary/aromatic N) is 2. The summed E-state index contributed by atoms with van der Waals surface area (Å²) in [5.41, 5.74) is 5.74. The molecule has 0 spiro atoms. The molecule has 18 heavy (non-hydrogen) atoms. The van der Waals surface area contributed by atoms with Crippen molar-refractivity contribution in [3.05, 3.63) is 4.88 Å². The lowest BCUT2D eigenvalue weighted by Gasteiger charge is -2.17. The molecule has 0 bridgehead atoms. The third-order valence-electron chi connectivity index (χ3n) is 2.20. The number of carbonyl (C=O) groups excluding carboxylic acids is 1. The first-order chi connectivity index (χ1) is 8.43. The molecule has 1 heterocycles. The van der Waals surface area contributed by atoms with Gasteiger partial charge in [-0.25, -0.2) is 4.98 Å². The lowest BCUT2D eigenvalue weighted by molar-refractivity contribution is 0.0939. The van der Waals surface area contributed by atoms with Crippen molar-refractivity contribution in [3.8, 4) is 0 Å². The monoisotopic (exact) mass is 271 g/mol. The van der Waals surface area contributed by atoms with E-state index in [0.29, 0.717) is 10.0 Å². The summed E-state index contributed by atoms with van der Waals surface area (Å²) in [6.07, 6.45) is 0. The molecule has 1 amide bonds. The quantitative estimate of drug-likeness (QED) is 0.714. The Hall–Kier alpha value is -1.34. The molecule has 1 aromatic rings. The molecular weight excluding hydrogens is 250 g/mol. The molecule has 0 radical (unpaired) electrons. The first kappa shape index (κ1) is 14.7. The van der Waals surface area contributed by atoms with Gasteiger partial charge in [0.25, 0.3) is 5.91 Å². The van der Waals surface area contributed by atoms with Crippen molar-refractivity contribution in [2.45, 2.75) is 19.9 Å². The third-order valence-corrected chi connectivity index (χ3v) is 3.23. The number of hydrogen-bond donors (Lipinski definition) is 3. The van der Waals surface area contributed by atoms with E-state index in [0.717, 1.165) is 13.1 Å². The van der Waals surface area contributed by atoms with Gasteiger partial charge in [0.05, 0.1) is 0 Å². The van der Waals surface area contributed by atoms with Crippen LogP contribution >= 0.6 is 11.3 Å². The van der Waals surface area contributed by atoms with Crippen LogP contribution in [0.4, 0.5) is 10.9 Å². The number of nitrogens with one attached hydrogen (secondary N) is 2. The molecule has 4 N–H and O–H groups in total. The van der Waals surface area contributed by atoms with E-state index >= 15 is 0 Å². The van der Waals surface area contributed by atoms with E-state index in [9.17, 15) is 4.79 Å². The van der Waals surface area contributed by atoms with Crippen LogP contribution in [0.2, 0.25) is 0 Å². The van der Waals surface area contributed by atoms with Crippen LogP contribution in [0.3, 0.4) is 0 Å². The second-order valence-electron chi connectivity index (χ2n) is 4.40. The van der Waals surface area contributed by atoms with Crippen LogP contribution in [0.15, 0.2) is 0 Å². The van der Waals surface area contributed by atoms with Crippen molar-refractivity contribution in [1.29, 1.82) is 0 Å².